The standard InChI is InChI=1S/C14H15NO2S/c1-8-2-5-12-11(6-8)15-13(18-12)9-3-4-10(7-9)14(16)17/h2,5-6,9-10H,3-4,7H2,1H3,(H,16,17). The molecule has 4 heteroatoms. The molecule has 1 aliphatic rings. The number of aryl methyl sites for hydroxylation is 1. The monoisotopic (exact) mass is 261 g/mol. The van der Waals surface area contributed by atoms with E-state index in [1.807, 2.05) is 0 Å². The molecular weight excluding hydrogens is 246 g/mol. The summed E-state index contributed by atoms with van der Waals surface area (Å²) in [4.78, 5) is 15.7. The molecule has 0 spiro atoms. The van der Waals surface area contributed by atoms with Crippen molar-refractivity contribution in [3.05, 3.63) is 28.8 Å². The molecule has 2 atom stereocenters. The second kappa shape index (κ2) is 4.35. The molecule has 1 aromatic heterocycles. The first-order chi connectivity index (χ1) is 8.63. The van der Waals surface area contributed by atoms with E-state index in [1.165, 1.54) is 10.3 Å². The van der Waals surface area contributed by atoms with Gasteiger partial charge >= 0.3 is 5.97 Å². The highest BCUT2D eigenvalue weighted by Gasteiger charge is 2.32. The van der Waals surface area contributed by atoms with E-state index in [1.54, 1.807) is 11.3 Å². The molecular formula is C14H15NO2S. The van der Waals surface area contributed by atoms with E-state index >= 15 is 0 Å². The van der Waals surface area contributed by atoms with Gasteiger partial charge in [0.05, 0.1) is 21.1 Å². The van der Waals surface area contributed by atoms with Crippen molar-refractivity contribution in [1.29, 1.82) is 0 Å². The van der Waals surface area contributed by atoms with Gasteiger partial charge in [0, 0.05) is 5.92 Å². The highest BCUT2D eigenvalue weighted by atomic mass is 32.1. The van der Waals surface area contributed by atoms with Crippen LogP contribution in [0.15, 0.2) is 18.2 Å². The van der Waals surface area contributed by atoms with E-state index in [-0.39, 0.29) is 5.92 Å². The van der Waals surface area contributed by atoms with Gasteiger partial charge in [0.1, 0.15) is 0 Å². The molecule has 3 rings (SSSR count). The number of benzene rings is 1. The third-order valence-electron chi connectivity index (χ3n) is 3.69. The maximum atomic E-state index is 11.0. The fourth-order valence-electron chi connectivity index (χ4n) is 2.66. The van der Waals surface area contributed by atoms with E-state index in [9.17, 15) is 4.79 Å². The minimum absolute atomic E-state index is 0.177. The molecule has 1 heterocycles. The number of carbonyl (C=O) groups is 1. The number of hydrogen-bond acceptors (Lipinski definition) is 3. The van der Waals surface area contributed by atoms with Crippen LogP contribution in [0.2, 0.25) is 0 Å². The topological polar surface area (TPSA) is 50.2 Å². The van der Waals surface area contributed by atoms with E-state index in [0.29, 0.717) is 5.92 Å². The Bertz CT molecular complexity index is 605. The van der Waals surface area contributed by atoms with Gasteiger partial charge in [-0.15, -0.1) is 11.3 Å². The lowest BCUT2D eigenvalue weighted by Gasteiger charge is -2.04. The molecule has 1 saturated carbocycles. The van der Waals surface area contributed by atoms with Gasteiger partial charge in [0.25, 0.3) is 0 Å². The summed E-state index contributed by atoms with van der Waals surface area (Å²) in [6.07, 6.45) is 2.48. The van der Waals surface area contributed by atoms with Crippen LogP contribution in [0.4, 0.5) is 0 Å². The van der Waals surface area contributed by atoms with E-state index < -0.39 is 5.97 Å². The van der Waals surface area contributed by atoms with Crippen LogP contribution in [-0.2, 0) is 4.79 Å². The van der Waals surface area contributed by atoms with Gasteiger partial charge in [-0.1, -0.05) is 6.07 Å². The van der Waals surface area contributed by atoms with Crippen LogP contribution in [0.5, 0.6) is 0 Å². The predicted octanol–water partition coefficient (Wildman–Crippen LogP) is 3.57. The van der Waals surface area contributed by atoms with Gasteiger partial charge in [0.2, 0.25) is 0 Å². The van der Waals surface area contributed by atoms with Crippen molar-refractivity contribution in [2.24, 2.45) is 5.92 Å². The average Bonchev–Trinajstić information content (AvgIpc) is 2.93. The average molecular weight is 261 g/mol. The highest BCUT2D eigenvalue weighted by Crippen LogP contribution is 2.41. The Morgan fingerprint density at radius 1 is 1.44 bits per heavy atom. The molecule has 18 heavy (non-hydrogen) atoms. The molecule has 2 aromatic rings. The van der Waals surface area contributed by atoms with Crippen LogP contribution >= 0.6 is 11.3 Å². The Morgan fingerprint density at radius 3 is 3.00 bits per heavy atom. The maximum Gasteiger partial charge on any atom is 0.306 e. The zero-order chi connectivity index (χ0) is 12.7. The first-order valence-electron chi connectivity index (χ1n) is 6.23. The molecule has 0 aliphatic heterocycles. The number of aromatic nitrogens is 1. The molecule has 3 nitrogen and oxygen atoms in total. The van der Waals surface area contributed by atoms with Gasteiger partial charge in [-0.25, -0.2) is 4.98 Å². The Kier molecular flexibility index (Phi) is 2.82. The summed E-state index contributed by atoms with van der Waals surface area (Å²) in [5.41, 5.74) is 2.27. The lowest BCUT2D eigenvalue weighted by molar-refractivity contribution is -0.141. The summed E-state index contributed by atoms with van der Waals surface area (Å²) in [5, 5.41) is 10.1. The number of carboxylic acids is 1. The maximum absolute atomic E-state index is 11.0. The van der Waals surface area contributed by atoms with Crippen molar-refractivity contribution in [3.8, 4) is 0 Å². The van der Waals surface area contributed by atoms with Gasteiger partial charge in [-0.2, -0.15) is 0 Å². The Labute approximate surface area is 109 Å². The highest BCUT2D eigenvalue weighted by molar-refractivity contribution is 7.18. The first-order valence-corrected chi connectivity index (χ1v) is 7.05. The predicted molar refractivity (Wildman–Crippen MR) is 72.1 cm³/mol. The SMILES string of the molecule is Cc1ccc2sc(C3CCC(C(=O)O)C3)nc2c1. The Hall–Kier alpha value is -1.42. The number of hydrogen-bond donors (Lipinski definition) is 1. The summed E-state index contributed by atoms with van der Waals surface area (Å²) in [7, 11) is 0. The largest absolute Gasteiger partial charge is 0.481 e. The minimum Gasteiger partial charge on any atom is -0.481 e. The number of nitrogens with zero attached hydrogens (tertiary/aromatic N) is 1. The summed E-state index contributed by atoms with van der Waals surface area (Å²) in [5.74, 6) is -0.498. The lowest BCUT2D eigenvalue weighted by atomic mass is 10.1. The van der Waals surface area contributed by atoms with Crippen LogP contribution < -0.4 is 0 Å². The summed E-state index contributed by atoms with van der Waals surface area (Å²) in [6.45, 7) is 2.06. The molecule has 0 bridgehead atoms. The lowest BCUT2D eigenvalue weighted by Crippen LogP contribution is -2.09. The van der Waals surface area contributed by atoms with Crippen molar-refractivity contribution >= 4 is 27.5 Å². The molecule has 1 aromatic carbocycles. The van der Waals surface area contributed by atoms with Crippen molar-refractivity contribution in [1.82, 2.24) is 4.98 Å². The third kappa shape index (κ3) is 2.01. The fourth-order valence-corrected chi connectivity index (χ4v) is 3.76. The normalized spacial score (nSPS) is 23.6. The fraction of sp³-hybridized carbons (Fsp3) is 0.429. The molecule has 1 aliphatic carbocycles. The summed E-state index contributed by atoms with van der Waals surface area (Å²) in [6, 6.07) is 6.30. The van der Waals surface area contributed by atoms with Gasteiger partial charge < -0.3 is 5.11 Å². The van der Waals surface area contributed by atoms with Gasteiger partial charge in [-0.3, -0.25) is 4.79 Å². The smallest absolute Gasteiger partial charge is 0.306 e. The van der Waals surface area contributed by atoms with Crippen molar-refractivity contribution in [2.75, 3.05) is 0 Å². The minimum atomic E-state index is -0.658. The second-order valence-electron chi connectivity index (χ2n) is 5.07. The Balaban J connectivity index is 1.89. The number of rotatable bonds is 2. The molecule has 1 fully saturated rings. The first kappa shape index (κ1) is 11.7. The van der Waals surface area contributed by atoms with Gasteiger partial charge in [-0.05, 0) is 43.9 Å². The van der Waals surface area contributed by atoms with E-state index in [4.69, 9.17) is 5.11 Å². The van der Waals surface area contributed by atoms with Crippen molar-refractivity contribution in [3.63, 3.8) is 0 Å². The van der Waals surface area contributed by atoms with Crippen LogP contribution in [0.25, 0.3) is 10.2 Å². The molecule has 1 N–H and O–H groups in total. The van der Waals surface area contributed by atoms with E-state index in [0.717, 1.165) is 29.8 Å². The molecule has 0 radical (unpaired) electrons. The van der Waals surface area contributed by atoms with Crippen molar-refractivity contribution in [2.45, 2.75) is 32.1 Å². The zero-order valence-corrected chi connectivity index (χ0v) is 11.0. The molecule has 0 amide bonds. The van der Waals surface area contributed by atoms with Crippen LogP contribution in [0.3, 0.4) is 0 Å². The number of fused-ring (bicyclic) bond motifs is 1. The van der Waals surface area contributed by atoms with E-state index in [2.05, 4.69) is 30.1 Å². The number of thiazole rings is 1. The quantitative estimate of drug-likeness (QED) is 0.899. The summed E-state index contributed by atoms with van der Waals surface area (Å²) >= 11 is 1.71. The van der Waals surface area contributed by atoms with Crippen LogP contribution in [-0.4, -0.2) is 16.1 Å². The van der Waals surface area contributed by atoms with Crippen LogP contribution in [0.1, 0.15) is 35.8 Å². The van der Waals surface area contributed by atoms with Gasteiger partial charge in [0.15, 0.2) is 0 Å². The summed E-state index contributed by atoms with van der Waals surface area (Å²) < 4.78 is 1.20. The molecule has 2 unspecified atom stereocenters. The zero-order valence-electron chi connectivity index (χ0n) is 10.2. The Morgan fingerprint density at radius 2 is 2.28 bits per heavy atom. The number of carboxylic acid groups (broad SMARTS) is 1. The molecule has 94 valence electrons. The third-order valence-corrected chi connectivity index (χ3v) is 4.89. The van der Waals surface area contributed by atoms with Crippen molar-refractivity contribution < 1.29 is 9.90 Å². The second-order valence-corrected chi connectivity index (χ2v) is 6.13. The molecule has 0 saturated heterocycles. The number of aliphatic carboxylic acids is 1. The van der Waals surface area contributed by atoms with Crippen LogP contribution in [0, 0.1) is 12.8 Å².